The maximum Gasteiger partial charge on any atom is 0.160 e. The third-order valence-electron chi connectivity index (χ3n) is 3.48. The molecule has 2 rings (SSSR count). The molecule has 21 heavy (non-hydrogen) atoms. The highest BCUT2D eigenvalue weighted by Crippen LogP contribution is 2.27. The van der Waals surface area contributed by atoms with E-state index in [4.69, 9.17) is 4.74 Å². The lowest BCUT2D eigenvalue weighted by Gasteiger charge is -2.18. The molecule has 0 aliphatic carbocycles. The predicted octanol–water partition coefficient (Wildman–Crippen LogP) is 4.40. The van der Waals surface area contributed by atoms with Crippen molar-refractivity contribution in [2.75, 3.05) is 7.11 Å². The molecular weight excluding hydrogens is 330 g/mol. The maximum absolute atomic E-state index is 9.61. The van der Waals surface area contributed by atoms with Crippen LogP contribution in [-0.4, -0.2) is 12.2 Å². The molecule has 3 nitrogen and oxygen atoms in total. The number of phenolic OH excluding ortho intramolecular Hbond substituents is 1. The zero-order valence-electron chi connectivity index (χ0n) is 12.3. The SMILES string of the molecule is CCC(NCc1ccc(O)c(OC)c1)c1ccc(Br)cc1. The summed E-state index contributed by atoms with van der Waals surface area (Å²) in [7, 11) is 1.56. The summed E-state index contributed by atoms with van der Waals surface area (Å²) in [5, 5.41) is 13.2. The van der Waals surface area contributed by atoms with E-state index >= 15 is 0 Å². The van der Waals surface area contributed by atoms with Crippen LogP contribution < -0.4 is 10.1 Å². The molecule has 0 aromatic heterocycles. The van der Waals surface area contributed by atoms with Gasteiger partial charge < -0.3 is 15.2 Å². The average molecular weight is 350 g/mol. The van der Waals surface area contributed by atoms with Crippen LogP contribution in [0.4, 0.5) is 0 Å². The smallest absolute Gasteiger partial charge is 0.160 e. The van der Waals surface area contributed by atoms with Gasteiger partial charge in [-0.15, -0.1) is 0 Å². The zero-order chi connectivity index (χ0) is 15.2. The Kier molecular flexibility index (Phi) is 5.65. The first-order valence-corrected chi connectivity index (χ1v) is 7.78. The van der Waals surface area contributed by atoms with Crippen LogP contribution in [0.15, 0.2) is 46.9 Å². The monoisotopic (exact) mass is 349 g/mol. The fourth-order valence-electron chi connectivity index (χ4n) is 2.27. The van der Waals surface area contributed by atoms with E-state index in [0.717, 1.165) is 23.0 Å². The van der Waals surface area contributed by atoms with Gasteiger partial charge in [0.1, 0.15) is 0 Å². The highest BCUT2D eigenvalue weighted by molar-refractivity contribution is 9.10. The summed E-state index contributed by atoms with van der Waals surface area (Å²) in [4.78, 5) is 0. The molecule has 0 bridgehead atoms. The molecule has 1 unspecified atom stereocenters. The Morgan fingerprint density at radius 2 is 1.90 bits per heavy atom. The van der Waals surface area contributed by atoms with Gasteiger partial charge in [-0.25, -0.2) is 0 Å². The van der Waals surface area contributed by atoms with Crippen LogP contribution >= 0.6 is 15.9 Å². The number of phenols is 1. The highest BCUT2D eigenvalue weighted by atomic mass is 79.9. The fraction of sp³-hybridized carbons (Fsp3) is 0.294. The second-order valence-electron chi connectivity index (χ2n) is 4.90. The molecule has 2 N–H and O–H groups in total. The molecule has 0 saturated carbocycles. The van der Waals surface area contributed by atoms with Gasteiger partial charge in [0.05, 0.1) is 7.11 Å². The molecule has 0 aliphatic rings. The Morgan fingerprint density at radius 1 is 1.19 bits per heavy atom. The van der Waals surface area contributed by atoms with Crippen molar-refractivity contribution in [2.45, 2.75) is 25.9 Å². The van der Waals surface area contributed by atoms with E-state index in [9.17, 15) is 5.11 Å². The van der Waals surface area contributed by atoms with Crippen molar-refractivity contribution in [2.24, 2.45) is 0 Å². The largest absolute Gasteiger partial charge is 0.504 e. The number of methoxy groups -OCH3 is 1. The Hall–Kier alpha value is -1.52. The van der Waals surface area contributed by atoms with Gasteiger partial charge in [0.15, 0.2) is 11.5 Å². The Bertz CT molecular complexity index is 584. The molecule has 0 amide bonds. The van der Waals surface area contributed by atoms with Gasteiger partial charge in [0.2, 0.25) is 0 Å². The minimum atomic E-state index is 0.168. The van der Waals surface area contributed by atoms with E-state index in [0.29, 0.717) is 11.8 Å². The van der Waals surface area contributed by atoms with E-state index in [1.807, 2.05) is 12.1 Å². The molecule has 0 heterocycles. The lowest BCUT2D eigenvalue weighted by atomic mass is 10.0. The number of benzene rings is 2. The van der Waals surface area contributed by atoms with E-state index < -0.39 is 0 Å². The van der Waals surface area contributed by atoms with E-state index in [1.165, 1.54) is 5.56 Å². The third kappa shape index (κ3) is 4.22. The lowest BCUT2D eigenvalue weighted by molar-refractivity contribution is 0.372. The van der Waals surface area contributed by atoms with Gasteiger partial charge in [0, 0.05) is 17.1 Å². The second kappa shape index (κ2) is 7.48. The van der Waals surface area contributed by atoms with E-state index in [1.54, 1.807) is 13.2 Å². The summed E-state index contributed by atoms with van der Waals surface area (Å²) in [5.41, 5.74) is 2.35. The van der Waals surface area contributed by atoms with Crippen LogP contribution in [0.1, 0.15) is 30.5 Å². The van der Waals surface area contributed by atoms with Gasteiger partial charge in [0.25, 0.3) is 0 Å². The van der Waals surface area contributed by atoms with Crippen molar-refractivity contribution in [1.29, 1.82) is 0 Å². The summed E-state index contributed by atoms with van der Waals surface area (Å²) in [6.07, 6.45) is 1.01. The number of aromatic hydroxyl groups is 1. The molecular formula is C17H20BrNO2. The Balaban J connectivity index is 2.04. The number of halogens is 1. The molecule has 0 aliphatic heterocycles. The number of rotatable bonds is 6. The number of ether oxygens (including phenoxy) is 1. The van der Waals surface area contributed by atoms with Crippen LogP contribution in [0.5, 0.6) is 11.5 Å². The molecule has 2 aromatic rings. The molecule has 0 fully saturated rings. The number of hydrogen-bond donors (Lipinski definition) is 2. The first kappa shape index (κ1) is 15.9. The van der Waals surface area contributed by atoms with Gasteiger partial charge in [-0.1, -0.05) is 41.1 Å². The van der Waals surface area contributed by atoms with Crippen molar-refractivity contribution in [3.05, 3.63) is 58.1 Å². The summed E-state index contributed by atoms with van der Waals surface area (Å²) in [6, 6.07) is 14.1. The van der Waals surface area contributed by atoms with Crippen LogP contribution in [0, 0.1) is 0 Å². The predicted molar refractivity (Wildman–Crippen MR) is 88.7 cm³/mol. The van der Waals surface area contributed by atoms with Crippen molar-refractivity contribution in [3.8, 4) is 11.5 Å². The van der Waals surface area contributed by atoms with Crippen molar-refractivity contribution in [3.63, 3.8) is 0 Å². The fourth-order valence-corrected chi connectivity index (χ4v) is 2.53. The minimum Gasteiger partial charge on any atom is -0.504 e. The molecule has 4 heteroatoms. The normalized spacial score (nSPS) is 12.1. The second-order valence-corrected chi connectivity index (χ2v) is 5.82. The Labute approximate surface area is 134 Å². The number of hydrogen-bond acceptors (Lipinski definition) is 3. The van der Waals surface area contributed by atoms with Crippen LogP contribution in [0.3, 0.4) is 0 Å². The van der Waals surface area contributed by atoms with Crippen molar-refractivity contribution >= 4 is 15.9 Å². The molecule has 0 spiro atoms. The summed E-state index contributed by atoms with van der Waals surface area (Å²) in [6.45, 7) is 2.89. The summed E-state index contributed by atoms with van der Waals surface area (Å²) < 4.78 is 6.22. The molecule has 0 saturated heterocycles. The third-order valence-corrected chi connectivity index (χ3v) is 4.01. The summed E-state index contributed by atoms with van der Waals surface area (Å²) >= 11 is 3.46. The molecule has 1 atom stereocenters. The average Bonchev–Trinajstić information content (AvgIpc) is 2.51. The first-order valence-electron chi connectivity index (χ1n) is 6.98. The maximum atomic E-state index is 9.61. The first-order chi connectivity index (χ1) is 10.1. The van der Waals surface area contributed by atoms with Crippen LogP contribution in [0.25, 0.3) is 0 Å². The van der Waals surface area contributed by atoms with Crippen LogP contribution in [0.2, 0.25) is 0 Å². The Morgan fingerprint density at radius 3 is 2.52 bits per heavy atom. The van der Waals surface area contributed by atoms with E-state index in [2.05, 4.69) is 52.4 Å². The summed E-state index contributed by atoms with van der Waals surface area (Å²) in [5.74, 6) is 0.673. The zero-order valence-corrected chi connectivity index (χ0v) is 13.9. The van der Waals surface area contributed by atoms with E-state index in [-0.39, 0.29) is 5.75 Å². The van der Waals surface area contributed by atoms with Gasteiger partial charge in [-0.2, -0.15) is 0 Å². The number of nitrogens with one attached hydrogen (secondary N) is 1. The van der Waals surface area contributed by atoms with Crippen molar-refractivity contribution < 1.29 is 9.84 Å². The minimum absolute atomic E-state index is 0.168. The van der Waals surface area contributed by atoms with Gasteiger partial charge >= 0.3 is 0 Å². The molecule has 2 aromatic carbocycles. The quantitative estimate of drug-likeness (QED) is 0.811. The van der Waals surface area contributed by atoms with Crippen molar-refractivity contribution in [1.82, 2.24) is 5.32 Å². The van der Waals surface area contributed by atoms with Gasteiger partial charge in [-0.3, -0.25) is 0 Å². The topological polar surface area (TPSA) is 41.5 Å². The highest BCUT2D eigenvalue weighted by Gasteiger charge is 2.09. The molecule has 112 valence electrons. The lowest BCUT2D eigenvalue weighted by Crippen LogP contribution is -2.20. The molecule has 0 radical (unpaired) electrons. The standard InChI is InChI=1S/C17H20BrNO2/c1-3-15(13-5-7-14(18)8-6-13)19-11-12-4-9-16(20)17(10-12)21-2/h4-10,15,19-20H,3,11H2,1-2H3. The van der Waals surface area contributed by atoms with Gasteiger partial charge in [-0.05, 0) is 41.8 Å². The van der Waals surface area contributed by atoms with Crippen LogP contribution in [-0.2, 0) is 6.54 Å².